The van der Waals surface area contributed by atoms with Gasteiger partial charge in [0.1, 0.15) is 12.2 Å². The molecule has 1 aromatic rings. The van der Waals surface area contributed by atoms with E-state index < -0.39 is 12.4 Å². The Morgan fingerprint density at radius 3 is 2.77 bits per heavy atom. The molecule has 1 N–H and O–H groups in total. The van der Waals surface area contributed by atoms with Gasteiger partial charge in [-0.05, 0) is 18.1 Å². The Kier molecular flexibility index (Phi) is 3.25. The fourth-order valence-corrected chi connectivity index (χ4v) is 0.976. The van der Waals surface area contributed by atoms with Gasteiger partial charge in [-0.3, -0.25) is 9.59 Å². The van der Waals surface area contributed by atoms with Crippen LogP contribution < -0.4 is 0 Å². The Morgan fingerprint density at radius 2 is 2.23 bits per heavy atom. The number of Topliss-reactive ketones (excluding diaryl/α,β-unsaturated/α-hetero) is 1. The molecular weight excluding hydrogens is 172 g/mol. The summed E-state index contributed by atoms with van der Waals surface area (Å²) in [6.07, 6.45) is 3.48. The van der Waals surface area contributed by atoms with Crippen LogP contribution in [-0.2, 0) is 16.0 Å². The van der Waals surface area contributed by atoms with Crippen molar-refractivity contribution in [2.45, 2.75) is 19.3 Å². The van der Waals surface area contributed by atoms with Crippen molar-refractivity contribution in [3.8, 4) is 0 Å². The highest BCUT2D eigenvalue weighted by molar-refractivity contribution is 5.94. The molecule has 4 heteroatoms. The predicted octanol–water partition coefficient (Wildman–Crippen LogP) is 1.26. The molecule has 0 saturated heterocycles. The molecule has 0 unspecified atom stereocenters. The molecule has 4 nitrogen and oxygen atoms in total. The van der Waals surface area contributed by atoms with Gasteiger partial charge in [0, 0.05) is 6.42 Å². The molecule has 0 amide bonds. The minimum Gasteiger partial charge on any atom is -0.481 e. The van der Waals surface area contributed by atoms with Crippen LogP contribution in [0.15, 0.2) is 23.0 Å². The third-order valence-corrected chi connectivity index (χ3v) is 1.62. The quantitative estimate of drug-likeness (QED) is 0.696. The van der Waals surface area contributed by atoms with Gasteiger partial charge in [-0.2, -0.15) is 0 Å². The van der Waals surface area contributed by atoms with E-state index in [1.807, 2.05) is 0 Å². The van der Waals surface area contributed by atoms with Crippen molar-refractivity contribution in [2.24, 2.45) is 0 Å². The summed E-state index contributed by atoms with van der Waals surface area (Å²) in [5.41, 5.74) is 0.915. The first-order chi connectivity index (χ1) is 6.18. The zero-order valence-electron chi connectivity index (χ0n) is 7.03. The van der Waals surface area contributed by atoms with E-state index >= 15 is 0 Å². The highest BCUT2D eigenvalue weighted by Gasteiger charge is 2.07. The first kappa shape index (κ1) is 9.51. The van der Waals surface area contributed by atoms with Gasteiger partial charge in [0.15, 0.2) is 0 Å². The molecule has 0 aliphatic heterocycles. The van der Waals surface area contributed by atoms with Crippen LogP contribution in [0.2, 0.25) is 0 Å². The van der Waals surface area contributed by atoms with E-state index in [-0.39, 0.29) is 12.2 Å². The maximum Gasteiger partial charge on any atom is 0.310 e. The van der Waals surface area contributed by atoms with Crippen molar-refractivity contribution in [3.63, 3.8) is 0 Å². The van der Waals surface area contributed by atoms with Gasteiger partial charge in [-0.25, -0.2) is 0 Å². The molecular formula is C9H10O4. The van der Waals surface area contributed by atoms with E-state index in [4.69, 9.17) is 9.52 Å². The zero-order chi connectivity index (χ0) is 9.68. The number of aliphatic carboxylic acids is 1. The summed E-state index contributed by atoms with van der Waals surface area (Å²) in [5, 5.41) is 8.30. The molecule has 0 saturated carbocycles. The summed E-state index contributed by atoms with van der Waals surface area (Å²) >= 11 is 0. The fraction of sp³-hybridized carbons (Fsp3) is 0.333. The van der Waals surface area contributed by atoms with Crippen LogP contribution >= 0.6 is 0 Å². The van der Waals surface area contributed by atoms with Crippen molar-refractivity contribution in [2.75, 3.05) is 0 Å². The maximum atomic E-state index is 10.9. The normalized spacial score (nSPS) is 9.85. The number of rotatable bonds is 5. The van der Waals surface area contributed by atoms with Crippen molar-refractivity contribution < 1.29 is 19.1 Å². The Balaban J connectivity index is 2.27. The van der Waals surface area contributed by atoms with Gasteiger partial charge >= 0.3 is 5.97 Å². The molecule has 0 fully saturated rings. The van der Waals surface area contributed by atoms with Gasteiger partial charge in [-0.15, -0.1) is 0 Å². The Hall–Kier alpha value is -1.58. The molecule has 0 aliphatic carbocycles. The number of carboxylic acids is 1. The monoisotopic (exact) mass is 182 g/mol. The number of ketones is 1. The van der Waals surface area contributed by atoms with Crippen LogP contribution in [0.25, 0.3) is 0 Å². The van der Waals surface area contributed by atoms with E-state index in [9.17, 15) is 9.59 Å². The van der Waals surface area contributed by atoms with E-state index in [1.54, 1.807) is 12.3 Å². The molecule has 0 bridgehead atoms. The van der Waals surface area contributed by atoms with E-state index in [1.165, 1.54) is 6.26 Å². The van der Waals surface area contributed by atoms with Gasteiger partial charge in [0.2, 0.25) is 0 Å². The molecule has 0 atom stereocenters. The summed E-state index contributed by atoms with van der Waals surface area (Å²) in [6.45, 7) is 0. The van der Waals surface area contributed by atoms with Crippen LogP contribution in [0.3, 0.4) is 0 Å². The van der Waals surface area contributed by atoms with Crippen LogP contribution in [-0.4, -0.2) is 16.9 Å². The van der Waals surface area contributed by atoms with Crippen molar-refractivity contribution in [1.29, 1.82) is 0 Å². The van der Waals surface area contributed by atoms with Crippen molar-refractivity contribution in [1.82, 2.24) is 0 Å². The third kappa shape index (κ3) is 3.55. The number of hydrogen-bond acceptors (Lipinski definition) is 3. The van der Waals surface area contributed by atoms with E-state index in [0.717, 1.165) is 5.56 Å². The summed E-state index contributed by atoms with van der Waals surface area (Å²) in [7, 11) is 0. The fourth-order valence-electron chi connectivity index (χ4n) is 0.976. The van der Waals surface area contributed by atoms with Crippen molar-refractivity contribution in [3.05, 3.63) is 24.2 Å². The summed E-state index contributed by atoms with van der Waals surface area (Å²) < 4.78 is 4.80. The topological polar surface area (TPSA) is 67.5 Å². The minimum atomic E-state index is -1.07. The predicted molar refractivity (Wildman–Crippen MR) is 44.3 cm³/mol. The minimum absolute atomic E-state index is 0.256. The molecule has 1 aromatic heterocycles. The van der Waals surface area contributed by atoms with Gasteiger partial charge in [0.25, 0.3) is 0 Å². The first-order valence-corrected chi connectivity index (χ1v) is 3.93. The maximum absolute atomic E-state index is 10.9. The number of aryl methyl sites for hydroxylation is 1. The average Bonchev–Trinajstić information content (AvgIpc) is 2.51. The molecule has 70 valence electrons. The lowest BCUT2D eigenvalue weighted by Gasteiger charge is -1.94. The lowest BCUT2D eigenvalue weighted by Crippen LogP contribution is -2.07. The highest BCUT2D eigenvalue weighted by atomic mass is 16.4. The molecule has 1 rings (SSSR count). The lowest BCUT2D eigenvalue weighted by atomic mass is 10.1. The molecule has 0 aromatic carbocycles. The summed E-state index contributed by atoms with van der Waals surface area (Å²) in [6, 6.07) is 1.76. The second-order valence-corrected chi connectivity index (χ2v) is 2.74. The van der Waals surface area contributed by atoms with Crippen LogP contribution in [0.1, 0.15) is 18.4 Å². The van der Waals surface area contributed by atoms with E-state index in [0.29, 0.717) is 6.42 Å². The van der Waals surface area contributed by atoms with Gasteiger partial charge < -0.3 is 9.52 Å². The molecule has 1 heterocycles. The second-order valence-electron chi connectivity index (χ2n) is 2.74. The first-order valence-electron chi connectivity index (χ1n) is 3.93. The molecule has 13 heavy (non-hydrogen) atoms. The second kappa shape index (κ2) is 4.45. The third-order valence-electron chi connectivity index (χ3n) is 1.62. The Labute approximate surface area is 75.2 Å². The zero-order valence-corrected chi connectivity index (χ0v) is 7.03. The standard InChI is InChI=1S/C9H10O4/c10-8(5-9(11)12)2-1-7-3-4-13-6-7/h3-4,6H,1-2,5H2,(H,11,12). The van der Waals surface area contributed by atoms with Gasteiger partial charge in [-0.1, -0.05) is 0 Å². The Morgan fingerprint density at radius 1 is 1.46 bits per heavy atom. The molecule has 0 aliphatic rings. The van der Waals surface area contributed by atoms with Crippen LogP contribution in [0, 0.1) is 0 Å². The molecule has 0 spiro atoms. The van der Waals surface area contributed by atoms with Crippen LogP contribution in [0.5, 0.6) is 0 Å². The van der Waals surface area contributed by atoms with Crippen LogP contribution in [0.4, 0.5) is 0 Å². The number of hydrogen-bond donors (Lipinski definition) is 1. The number of carboxylic acid groups (broad SMARTS) is 1. The Bertz CT molecular complexity index is 287. The van der Waals surface area contributed by atoms with E-state index in [2.05, 4.69) is 0 Å². The number of carbonyl (C=O) groups is 2. The van der Waals surface area contributed by atoms with Gasteiger partial charge in [0.05, 0.1) is 12.5 Å². The van der Waals surface area contributed by atoms with Crippen molar-refractivity contribution >= 4 is 11.8 Å². The lowest BCUT2D eigenvalue weighted by molar-refractivity contribution is -0.140. The average molecular weight is 182 g/mol. The SMILES string of the molecule is O=C(O)CC(=O)CCc1ccoc1. The number of carbonyl (C=O) groups excluding carboxylic acids is 1. The largest absolute Gasteiger partial charge is 0.481 e. The smallest absolute Gasteiger partial charge is 0.310 e. The number of furan rings is 1. The summed E-state index contributed by atoms with van der Waals surface area (Å²) in [5.74, 6) is -1.33. The summed E-state index contributed by atoms with van der Waals surface area (Å²) in [4.78, 5) is 21.1. The molecule has 0 radical (unpaired) electrons. The highest BCUT2D eigenvalue weighted by Crippen LogP contribution is 2.04.